The van der Waals surface area contributed by atoms with Crippen LogP contribution >= 0.6 is 0 Å². The lowest BCUT2D eigenvalue weighted by Gasteiger charge is -2.28. The van der Waals surface area contributed by atoms with Gasteiger partial charge >= 0.3 is 0 Å². The molecule has 1 aromatic rings. The average molecular weight is 234 g/mol. The van der Waals surface area contributed by atoms with Crippen LogP contribution in [0.4, 0.5) is 5.69 Å². The number of benzene rings is 1. The van der Waals surface area contributed by atoms with Crippen molar-refractivity contribution >= 4 is 17.7 Å². The highest BCUT2D eigenvalue weighted by atomic mass is 16.5. The third-order valence-electron chi connectivity index (χ3n) is 2.70. The van der Waals surface area contributed by atoms with Crippen molar-refractivity contribution in [1.29, 1.82) is 0 Å². The lowest BCUT2D eigenvalue weighted by Crippen LogP contribution is -2.36. The van der Waals surface area contributed by atoms with Gasteiger partial charge in [0.25, 0.3) is 0 Å². The molecule has 17 heavy (non-hydrogen) atoms. The van der Waals surface area contributed by atoms with Gasteiger partial charge in [-0.05, 0) is 24.3 Å². The van der Waals surface area contributed by atoms with Crippen molar-refractivity contribution < 1.29 is 14.7 Å². The third kappa shape index (κ3) is 2.82. The van der Waals surface area contributed by atoms with Crippen LogP contribution in [0.15, 0.2) is 29.4 Å². The van der Waals surface area contributed by atoms with Gasteiger partial charge in [0, 0.05) is 24.3 Å². The van der Waals surface area contributed by atoms with Gasteiger partial charge < -0.3 is 14.8 Å². The van der Waals surface area contributed by atoms with E-state index in [1.807, 2.05) is 12.1 Å². The van der Waals surface area contributed by atoms with Crippen LogP contribution in [-0.2, 0) is 4.74 Å². The number of oxime groups is 1. The molecule has 5 nitrogen and oxygen atoms in total. The monoisotopic (exact) mass is 234 g/mol. The Morgan fingerprint density at radius 3 is 2.53 bits per heavy atom. The lowest BCUT2D eigenvalue weighted by atomic mass is 10.1. The predicted molar refractivity (Wildman–Crippen MR) is 64.1 cm³/mol. The summed E-state index contributed by atoms with van der Waals surface area (Å²) < 4.78 is 5.27. The van der Waals surface area contributed by atoms with Gasteiger partial charge in [0.05, 0.1) is 13.2 Å². The summed E-state index contributed by atoms with van der Waals surface area (Å²) in [6, 6.07) is 7.25. The molecule has 0 bridgehead atoms. The fourth-order valence-electron chi connectivity index (χ4n) is 1.79. The molecule has 0 aromatic heterocycles. The van der Waals surface area contributed by atoms with Crippen molar-refractivity contribution in [3.05, 3.63) is 29.8 Å². The van der Waals surface area contributed by atoms with E-state index in [-0.39, 0.29) is 5.78 Å². The number of carbonyl (C=O) groups excluding carboxylic acids is 1. The first-order valence-corrected chi connectivity index (χ1v) is 5.46. The summed E-state index contributed by atoms with van der Waals surface area (Å²) in [7, 11) is 0. The van der Waals surface area contributed by atoms with Crippen molar-refractivity contribution in [2.24, 2.45) is 5.16 Å². The number of hydrogen-bond donors (Lipinski definition) is 1. The van der Waals surface area contributed by atoms with Gasteiger partial charge in [-0.2, -0.15) is 0 Å². The molecule has 0 saturated carbocycles. The van der Waals surface area contributed by atoms with Crippen molar-refractivity contribution in [2.75, 3.05) is 31.2 Å². The van der Waals surface area contributed by atoms with E-state index in [2.05, 4.69) is 10.1 Å². The van der Waals surface area contributed by atoms with Crippen LogP contribution in [0.1, 0.15) is 10.4 Å². The first-order chi connectivity index (χ1) is 8.31. The van der Waals surface area contributed by atoms with E-state index in [4.69, 9.17) is 9.94 Å². The minimum Gasteiger partial charge on any atom is -0.411 e. The summed E-state index contributed by atoms with van der Waals surface area (Å²) in [5.41, 5.74) is 1.59. The zero-order valence-corrected chi connectivity index (χ0v) is 9.37. The summed E-state index contributed by atoms with van der Waals surface area (Å²) in [6.07, 6.45) is 0.893. The van der Waals surface area contributed by atoms with Crippen LogP contribution in [0.2, 0.25) is 0 Å². The molecule has 1 fully saturated rings. The Morgan fingerprint density at radius 1 is 1.29 bits per heavy atom. The fraction of sp³-hybridized carbons (Fsp3) is 0.333. The molecule has 1 heterocycles. The molecule has 0 radical (unpaired) electrons. The summed E-state index contributed by atoms with van der Waals surface area (Å²) in [5, 5.41) is 11.0. The molecule has 1 aliphatic heterocycles. The second-order valence-corrected chi connectivity index (χ2v) is 3.76. The predicted octanol–water partition coefficient (Wildman–Crippen LogP) is 1.17. The van der Waals surface area contributed by atoms with E-state index in [0.29, 0.717) is 5.56 Å². The first kappa shape index (κ1) is 11.6. The molecular weight excluding hydrogens is 220 g/mol. The van der Waals surface area contributed by atoms with Gasteiger partial charge in [0.1, 0.15) is 6.21 Å². The summed E-state index contributed by atoms with van der Waals surface area (Å²) in [6.45, 7) is 3.20. The largest absolute Gasteiger partial charge is 0.411 e. The van der Waals surface area contributed by atoms with Gasteiger partial charge in [-0.25, -0.2) is 0 Å². The van der Waals surface area contributed by atoms with Crippen LogP contribution in [0, 0.1) is 0 Å². The van der Waals surface area contributed by atoms with Crippen LogP contribution in [0.5, 0.6) is 0 Å². The van der Waals surface area contributed by atoms with Crippen LogP contribution in [0.3, 0.4) is 0 Å². The third-order valence-corrected chi connectivity index (χ3v) is 2.70. The fourth-order valence-corrected chi connectivity index (χ4v) is 1.79. The number of hydrogen-bond acceptors (Lipinski definition) is 5. The molecule has 5 heteroatoms. The minimum absolute atomic E-state index is 0.305. The molecule has 1 saturated heterocycles. The van der Waals surface area contributed by atoms with E-state index in [1.54, 1.807) is 12.1 Å². The first-order valence-electron chi connectivity index (χ1n) is 5.46. The standard InChI is InChI=1S/C12H14N2O3/c15-12(9-13-16)10-1-3-11(4-2-10)14-5-7-17-8-6-14/h1-4,9,16H,5-8H2/b13-9-. The Hall–Kier alpha value is -1.88. The Kier molecular flexibility index (Phi) is 3.72. The van der Waals surface area contributed by atoms with Crippen LogP contribution < -0.4 is 4.90 Å². The average Bonchev–Trinajstić information content (AvgIpc) is 2.40. The highest BCUT2D eigenvalue weighted by Crippen LogP contribution is 2.16. The number of rotatable bonds is 3. The molecule has 1 N–H and O–H groups in total. The zero-order chi connectivity index (χ0) is 12.1. The molecule has 0 unspecified atom stereocenters. The molecule has 1 aromatic carbocycles. The molecule has 0 amide bonds. The maximum absolute atomic E-state index is 11.4. The van der Waals surface area contributed by atoms with E-state index >= 15 is 0 Å². The van der Waals surface area contributed by atoms with Crippen molar-refractivity contribution in [2.45, 2.75) is 0 Å². The van der Waals surface area contributed by atoms with E-state index in [0.717, 1.165) is 38.2 Å². The van der Waals surface area contributed by atoms with Crippen molar-refractivity contribution in [3.63, 3.8) is 0 Å². The smallest absolute Gasteiger partial charge is 0.207 e. The summed E-state index contributed by atoms with van der Waals surface area (Å²) >= 11 is 0. The second-order valence-electron chi connectivity index (χ2n) is 3.76. The van der Waals surface area contributed by atoms with Gasteiger partial charge in [-0.15, -0.1) is 0 Å². The van der Waals surface area contributed by atoms with E-state index < -0.39 is 0 Å². The van der Waals surface area contributed by atoms with Crippen molar-refractivity contribution in [1.82, 2.24) is 0 Å². The van der Waals surface area contributed by atoms with E-state index in [9.17, 15) is 4.79 Å². The molecular formula is C12H14N2O3. The van der Waals surface area contributed by atoms with Crippen LogP contribution in [-0.4, -0.2) is 43.5 Å². The summed E-state index contributed by atoms with van der Waals surface area (Å²) in [5.74, 6) is -0.305. The number of morpholine rings is 1. The topological polar surface area (TPSA) is 62.1 Å². The molecule has 0 spiro atoms. The Labute approximate surface area is 99.3 Å². The Bertz CT molecular complexity index is 408. The SMILES string of the molecule is O=C(/C=N\O)c1ccc(N2CCOCC2)cc1. The zero-order valence-electron chi connectivity index (χ0n) is 9.37. The number of Topliss-reactive ketones (excluding diaryl/α,β-unsaturated/α-hetero) is 1. The molecule has 1 aliphatic rings. The maximum Gasteiger partial charge on any atom is 0.207 e. The summed E-state index contributed by atoms with van der Waals surface area (Å²) in [4.78, 5) is 13.6. The van der Waals surface area contributed by atoms with Crippen LogP contribution in [0.25, 0.3) is 0 Å². The molecule has 2 rings (SSSR count). The minimum atomic E-state index is -0.305. The Balaban J connectivity index is 2.09. The van der Waals surface area contributed by atoms with E-state index in [1.165, 1.54) is 0 Å². The molecule has 0 aliphatic carbocycles. The number of nitrogens with zero attached hydrogens (tertiary/aromatic N) is 2. The number of ether oxygens (including phenoxy) is 1. The van der Waals surface area contributed by atoms with Gasteiger partial charge in [-0.3, -0.25) is 4.79 Å². The normalized spacial score (nSPS) is 16.4. The maximum atomic E-state index is 11.4. The molecule has 0 atom stereocenters. The number of anilines is 1. The van der Waals surface area contributed by atoms with Crippen molar-refractivity contribution in [3.8, 4) is 0 Å². The highest BCUT2D eigenvalue weighted by Gasteiger charge is 2.11. The van der Waals surface area contributed by atoms with Gasteiger partial charge in [0.2, 0.25) is 5.78 Å². The molecule has 90 valence electrons. The van der Waals surface area contributed by atoms with Gasteiger partial charge in [-0.1, -0.05) is 5.16 Å². The van der Waals surface area contributed by atoms with Gasteiger partial charge in [0.15, 0.2) is 0 Å². The number of ketones is 1. The lowest BCUT2D eigenvalue weighted by molar-refractivity contribution is 0.106. The second kappa shape index (κ2) is 5.45. The highest BCUT2D eigenvalue weighted by molar-refractivity contribution is 6.35. The number of carbonyl (C=O) groups is 1. The quantitative estimate of drug-likeness (QED) is 0.369. The Morgan fingerprint density at radius 2 is 1.94 bits per heavy atom.